The monoisotopic (exact) mass is 211 g/mol. The highest BCUT2D eigenvalue weighted by atomic mass is 35.5. The molecular formula is C10H10ClNO2. The molecule has 0 fully saturated rings. The minimum Gasteiger partial charge on any atom is -0.423 e. The highest BCUT2D eigenvalue weighted by Gasteiger charge is 2.35. The second-order valence-electron chi connectivity index (χ2n) is 3.78. The van der Waals surface area contributed by atoms with Gasteiger partial charge in [0.05, 0.1) is 5.69 Å². The molecule has 0 bridgehead atoms. The van der Waals surface area contributed by atoms with E-state index in [2.05, 4.69) is 5.32 Å². The van der Waals surface area contributed by atoms with Crippen LogP contribution < -0.4 is 10.1 Å². The molecule has 0 aliphatic carbocycles. The number of carbonyl (C=O) groups excluding carboxylic acids is 1. The average molecular weight is 212 g/mol. The third-order valence-corrected chi connectivity index (χ3v) is 2.34. The largest absolute Gasteiger partial charge is 0.423 e. The van der Waals surface area contributed by atoms with Crippen molar-refractivity contribution in [2.45, 2.75) is 19.4 Å². The molecule has 0 aromatic heterocycles. The van der Waals surface area contributed by atoms with Gasteiger partial charge in [0.25, 0.3) is 0 Å². The van der Waals surface area contributed by atoms with Gasteiger partial charge in [0.2, 0.25) is 0 Å². The zero-order valence-corrected chi connectivity index (χ0v) is 8.68. The highest BCUT2D eigenvalue weighted by molar-refractivity contribution is 6.31. The quantitative estimate of drug-likeness (QED) is 0.529. The molecule has 0 saturated heterocycles. The smallest absolute Gasteiger partial charge is 0.336 e. The summed E-state index contributed by atoms with van der Waals surface area (Å²) in [6.07, 6.45) is 0. The van der Waals surface area contributed by atoms with Crippen LogP contribution in [-0.4, -0.2) is 11.5 Å². The van der Waals surface area contributed by atoms with Crippen molar-refractivity contribution < 1.29 is 9.53 Å². The van der Waals surface area contributed by atoms with Crippen molar-refractivity contribution in [3.8, 4) is 5.75 Å². The van der Waals surface area contributed by atoms with Gasteiger partial charge in [0, 0.05) is 5.02 Å². The van der Waals surface area contributed by atoms with E-state index >= 15 is 0 Å². The fourth-order valence-corrected chi connectivity index (χ4v) is 1.48. The number of esters is 1. The lowest BCUT2D eigenvalue weighted by atomic mass is 10.0. The van der Waals surface area contributed by atoms with Gasteiger partial charge in [0.1, 0.15) is 5.54 Å². The van der Waals surface area contributed by atoms with E-state index in [4.69, 9.17) is 16.3 Å². The van der Waals surface area contributed by atoms with Crippen molar-refractivity contribution >= 4 is 23.3 Å². The summed E-state index contributed by atoms with van der Waals surface area (Å²) in [5, 5.41) is 3.68. The molecule has 4 heteroatoms. The van der Waals surface area contributed by atoms with Gasteiger partial charge in [0.15, 0.2) is 5.75 Å². The number of fused-ring (bicyclic) bond motifs is 1. The van der Waals surface area contributed by atoms with E-state index in [0.29, 0.717) is 10.8 Å². The molecule has 2 rings (SSSR count). The second kappa shape index (κ2) is 2.89. The molecule has 1 aromatic rings. The van der Waals surface area contributed by atoms with Gasteiger partial charge in [-0.15, -0.1) is 0 Å². The van der Waals surface area contributed by atoms with E-state index in [1.54, 1.807) is 32.0 Å². The van der Waals surface area contributed by atoms with E-state index in [1.165, 1.54) is 0 Å². The first-order chi connectivity index (χ1) is 6.49. The Morgan fingerprint density at radius 1 is 1.43 bits per heavy atom. The van der Waals surface area contributed by atoms with E-state index in [-0.39, 0.29) is 5.97 Å². The first-order valence-electron chi connectivity index (χ1n) is 4.29. The highest BCUT2D eigenvalue weighted by Crippen LogP contribution is 2.34. The predicted octanol–water partition coefficient (Wildman–Crippen LogP) is 2.45. The lowest BCUT2D eigenvalue weighted by molar-refractivity contribution is -0.139. The first kappa shape index (κ1) is 9.34. The number of carbonyl (C=O) groups is 1. The van der Waals surface area contributed by atoms with E-state index in [9.17, 15) is 4.79 Å². The van der Waals surface area contributed by atoms with Crippen molar-refractivity contribution in [3.05, 3.63) is 23.2 Å². The summed E-state index contributed by atoms with van der Waals surface area (Å²) in [6, 6.07) is 5.11. The normalized spacial score (nSPS) is 18.1. The summed E-state index contributed by atoms with van der Waals surface area (Å²) in [4.78, 5) is 11.4. The molecule has 1 N–H and O–H groups in total. The van der Waals surface area contributed by atoms with Gasteiger partial charge < -0.3 is 10.1 Å². The van der Waals surface area contributed by atoms with Crippen LogP contribution in [0.2, 0.25) is 5.02 Å². The summed E-state index contributed by atoms with van der Waals surface area (Å²) in [6.45, 7) is 3.53. The van der Waals surface area contributed by atoms with Crippen molar-refractivity contribution in [2.24, 2.45) is 0 Å². The average Bonchev–Trinajstić information content (AvgIpc) is 2.07. The minimum atomic E-state index is -0.697. The molecular weight excluding hydrogens is 202 g/mol. The topological polar surface area (TPSA) is 38.3 Å². The van der Waals surface area contributed by atoms with E-state index < -0.39 is 5.54 Å². The van der Waals surface area contributed by atoms with Crippen molar-refractivity contribution in [2.75, 3.05) is 5.32 Å². The Morgan fingerprint density at radius 3 is 2.86 bits per heavy atom. The van der Waals surface area contributed by atoms with Crippen LogP contribution in [0.1, 0.15) is 13.8 Å². The summed E-state index contributed by atoms with van der Waals surface area (Å²) in [7, 11) is 0. The lowest BCUT2D eigenvalue weighted by Gasteiger charge is -2.31. The molecule has 1 aromatic carbocycles. The number of hydrogen-bond donors (Lipinski definition) is 1. The molecule has 14 heavy (non-hydrogen) atoms. The van der Waals surface area contributed by atoms with E-state index in [0.717, 1.165) is 5.69 Å². The summed E-state index contributed by atoms with van der Waals surface area (Å²) >= 11 is 5.83. The number of anilines is 1. The Balaban J connectivity index is 2.46. The van der Waals surface area contributed by atoms with Crippen molar-refractivity contribution in [1.82, 2.24) is 0 Å². The Bertz CT molecular complexity index is 401. The molecule has 0 radical (unpaired) electrons. The Hall–Kier alpha value is -1.22. The SMILES string of the molecule is CC1(C)Nc2cc(Cl)ccc2OC1=O. The Morgan fingerprint density at radius 2 is 2.14 bits per heavy atom. The Labute approximate surface area is 87.0 Å². The molecule has 1 aliphatic rings. The molecule has 3 nitrogen and oxygen atoms in total. The maximum atomic E-state index is 11.4. The predicted molar refractivity (Wildman–Crippen MR) is 54.8 cm³/mol. The zero-order chi connectivity index (χ0) is 10.3. The van der Waals surface area contributed by atoms with E-state index in [1.807, 2.05) is 0 Å². The van der Waals surface area contributed by atoms with Crippen LogP contribution in [0, 0.1) is 0 Å². The molecule has 1 heterocycles. The second-order valence-corrected chi connectivity index (χ2v) is 4.22. The fraction of sp³-hybridized carbons (Fsp3) is 0.300. The van der Waals surface area contributed by atoms with Crippen LogP contribution in [0.25, 0.3) is 0 Å². The van der Waals surface area contributed by atoms with Gasteiger partial charge in [-0.1, -0.05) is 11.6 Å². The lowest BCUT2D eigenvalue weighted by Crippen LogP contribution is -2.46. The molecule has 74 valence electrons. The van der Waals surface area contributed by atoms with Crippen LogP contribution in [0.5, 0.6) is 5.75 Å². The molecule has 0 unspecified atom stereocenters. The maximum Gasteiger partial charge on any atom is 0.336 e. The fourth-order valence-electron chi connectivity index (χ4n) is 1.30. The number of rotatable bonds is 0. The minimum absolute atomic E-state index is 0.285. The summed E-state index contributed by atoms with van der Waals surface area (Å²) in [5.74, 6) is 0.242. The summed E-state index contributed by atoms with van der Waals surface area (Å²) < 4.78 is 5.14. The van der Waals surface area contributed by atoms with Crippen LogP contribution in [0.15, 0.2) is 18.2 Å². The van der Waals surface area contributed by atoms with Crippen molar-refractivity contribution in [1.29, 1.82) is 0 Å². The number of nitrogens with one attached hydrogen (secondary N) is 1. The van der Waals surface area contributed by atoms with Crippen LogP contribution in [0.3, 0.4) is 0 Å². The number of benzene rings is 1. The van der Waals surface area contributed by atoms with Gasteiger partial charge in [-0.2, -0.15) is 0 Å². The summed E-state index contributed by atoms with van der Waals surface area (Å²) in [5.41, 5.74) is 0.0552. The third kappa shape index (κ3) is 1.44. The standard InChI is InChI=1S/C10H10ClNO2/c1-10(2)9(13)14-8-4-3-6(11)5-7(8)12-10/h3-5,12H,1-2H3. The molecule has 0 spiro atoms. The van der Waals surface area contributed by atoms with Crippen LogP contribution >= 0.6 is 11.6 Å². The van der Waals surface area contributed by atoms with Crippen LogP contribution in [0.4, 0.5) is 5.69 Å². The third-order valence-electron chi connectivity index (χ3n) is 2.10. The Kier molecular flexibility index (Phi) is 1.93. The molecule has 0 amide bonds. The van der Waals surface area contributed by atoms with Crippen molar-refractivity contribution in [3.63, 3.8) is 0 Å². The number of ether oxygens (including phenoxy) is 1. The molecule has 1 aliphatic heterocycles. The number of halogens is 1. The number of hydrogen-bond acceptors (Lipinski definition) is 3. The molecule has 0 atom stereocenters. The van der Waals surface area contributed by atoms with Gasteiger partial charge in [-0.25, -0.2) is 4.79 Å². The zero-order valence-electron chi connectivity index (χ0n) is 7.93. The molecule has 0 saturated carbocycles. The maximum absolute atomic E-state index is 11.4. The van der Waals surface area contributed by atoms with Gasteiger partial charge >= 0.3 is 5.97 Å². The first-order valence-corrected chi connectivity index (χ1v) is 4.67. The van der Waals surface area contributed by atoms with Crippen LogP contribution in [-0.2, 0) is 4.79 Å². The van der Waals surface area contributed by atoms with Gasteiger partial charge in [-0.3, -0.25) is 0 Å². The van der Waals surface area contributed by atoms with Gasteiger partial charge in [-0.05, 0) is 32.0 Å².